The van der Waals surface area contributed by atoms with Crippen LogP contribution in [-0.2, 0) is 5.41 Å². The van der Waals surface area contributed by atoms with Gasteiger partial charge in [0.1, 0.15) is 5.82 Å². The molecule has 1 nitrogen and oxygen atoms in total. The lowest BCUT2D eigenvalue weighted by molar-refractivity contribution is 0.628. The van der Waals surface area contributed by atoms with Crippen molar-refractivity contribution >= 4 is 72.6 Å². The van der Waals surface area contributed by atoms with Crippen LogP contribution in [0, 0.1) is 5.82 Å². The first kappa shape index (κ1) is 22.6. The van der Waals surface area contributed by atoms with Gasteiger partial charge in [-0.25, -0.2) is 4.39 Å². The number of halogens is 3. The zero-order valence-corrected chi connectivity index (χ0v) is 21.8. The Morgan fingerprint density at radius 3 is 2.16 bits per heavy atom. The Bertz CT molecular complexity index is 1890. The van der Waals surface area contributed by atoms with Gasteiger partial charge in [0.25, 0.3) is 0 Å². The van der Waals surface area contributed by atoms with Crippen LogP contribution in [0.4, 0.5) is 21.5 Å². The Kier molecular flexibility index (Phi) is 4.86. The van der Waals surface area contributed by atoms with Crippen molar-refractivity contribution in [2.75, 3.05) is 4.90 Å². The van der Waals surface area contributed by atoms with Gasteiger partial charge in [0, 0.05) is 21.5 Å². The van der Waals surface area contributed by atoms with Crippen LogP contribution in [0.5, 0.6) is 0 Å². The molecule has 0 amide bonds. The quantitative estimate of drug-likeness (QED) is 0.209. The highest BCUT2D eigenvalue weighted by atomic mass is 35.5. The Morgan fingerprint density at radius 2 is 1.38 bits per heavy atom. The van der Waals surface area contributed by atoms with E-state index in [4.69, 9.17) is 23.2 Å². The van der Waals surface area contributed by atoms with Gasteiger partial charge in [-0.15, -0.1) is 0 Å². The van der Waals surface area contributed by atoms with Crippen molar-refractivity contribution in [3.05, 3.63) is 124 Å². The SMILES string of the molecule is CC1(C)c2cccc3c(N(c4ccc(F)cc4)c4ccc(Cl)cc4Cl)cc4c5ccccc5cc1c4c23. The Balaban J connectivity index is 1.67. The van der Waals surface area contributed by atoms with Crippen LogP contribution in [0.15, 0.2) is 97.1 Å². The third kappa shape index (κ3) is 3.22. The number of hydrogen-bond acceptors (Lipinski definition) is 1. The molecule has 4 heteroatoms. The van der Waals surface area contributed by atoms with Crippen molar-refractivity contribution in [1.82, 2.24) is 0 Å². The van der Waals surface area contributed by atoms with Crippen molar-refractivity contribution in [3.8, 4) is 0 Å². The van der Waals surface area contributed by atoms with Gasteiger partial charge >= 0.3 is 0 Å². The zero-order chi connectivity index (χ0) is 25.5. The van der Waals surface area contributed by atoms with E-state index in [0.717, 1.165) is 22.4 Å². The lowest BCUT2D eigenvalue weighted by Gasteiger charge is -2.28. The van der Waals surface area contributed by atoms with E-state index in [1.807, 2.05) is 12.1 Å². The van der Waals surface area contributed by atoms with Crippen LogP contribution in [0.25, 0.3) is 32.3 Å². The average molecular weight is 522 g/mol. The van der Waals surface area contributed by atoms with Crippen LogP contribution in [0.2, 0.25) is 10.0 Å². The molecule has 6 aromatic rings. The maximum atomic E-state index is 14.0. The van der Waals surface area contributed by atoms with Crippen molar-refractivity contribution < 1.29 is 4.39 Å². The topological polar surface area (TPSA) is 3.24 Å². The summed E-state index contributed by atoms with van der Waals surface area (Å²) in [6.07, 6.45) is 0. The molecule has 180 valence electrons. The smallest absolute Gasteiger partial charge is 0.123 e. The van der Waals surface area contributed by atoms with Crippen LogP contribution >= 0.6 is 23.2 Å². The van der Waals surface area contributed by atoms with E-state index in [0.29, 0.717) is 10.0 Å². The summed E-state index contributed by atoms with van der Waals surface area (Å²) >= 11 is 13.1. The van der Waals surface area contributed by atoms with Gasteiger partial charge in [-0.1, -0.05) is 79.5 Å². The molecular weight excluding hydrogens is 500 g/mol. The highest BCUT2D eigenvalue weighted by Crippen LogP contribution is 2.54. The fraction of sp³-hybridized carbons (Fsp3) is 0.0909. The minimum Gasteiger partial charge on any atom is -0.308 e. The normalized spacial score (nSPS) is 13.8. The molecule has 0 radical (unpaired) electrons. The van der Waals surface area contributed by atoms with Crippen LogP contribution in [-0.4, -0.2) is 0 Å². The first-order chi connectivity index (χ1) is 17.8. The molecule has 1 aliphatic rings. The standard InChI is InChI=1S/C33H22Cl2FN/c1-33(2)26-9-5-8-24-30(18-25-23-7-4-3-6-19(23)16-27(33)32(25)31(24)26)37(22-13-11-21(36)12-14-22)29-15-10-20(34)17-28(29)35/h3-18H,1-2H3. The molecule has 0 saturated heterocycles. The largest absolute Gasteiger partial charge is 0.308 e. The summed E-state index contributed by atoms with van der Waals surface area (Å²) in [5.74, 6) is -0.285. The first-order valence-corrected chi connectivity index (χ1v) is 13.0. The Morgan fingerprint density at radius 1 is 0.649 bits per heavy atom. The van der Waals surface area contributed by atoms with Gasteiger partial charge in [-0.3, -0.25) is 0 Å². The predicted molar refractivity (Wildman–Crippen MR) is 156 cm³/mol. The fourth-order valence-corrected chi connectivity index (χ4v) is 6.54. The molecular formula is C33H22Cl2FN. The summed E-state index contributed by atoms with van der Waals surface area (Å²) in [7, 11) is 0. The summed E-state index contributed by atoms with van der Waals surface area (Å²) in [6, 6.07) is 31.8. The molecule has 7 rings (SSSR count). The van der Waals surface area contributed by atoms with E-state index < -0.39 is 0 Å². The monoisotopic (exact) mass is 521 g/mol. The zero-order valence-electron chi connectivity index (χ0n) is 20.3. The van der Waals surface area contributed by atoms with E-state index in [-0.39, 0.29) is 11.2 Å². The summed E-state index contributed by atoms with van der Waals surface area (Å²) < 4.78 is 14.0. The molecule has 0 unspecified atom stereocenters. The van der Waals surface area contributed by atoms with Gasteiger partial charge in [-0.2, -0.15) is 0 Å². The molecule has 0 bridgehead atoms. The summed E-state index contributed by atoms with van der Waals surface area (Å²) in [4.78, 5) is 2.11. The van der Waals surface area contributed by atoms with Crippen molar-refractivity contribution in [2.45, 2.75) is 19.3 Å². The van der Waals surface area contributed by atoms with Crippen molar-refractivity contribution in [1.29, 1.82) is 0 Å². The van der Waals surface area contributed by atoms with Crippen molar-refractivity contribution in [2.24, 2.45) is 0 Å². The summed E-state index contributed by atoms with van der Waals surface area (Å²) in [5.41, 5.74) is 5.10. The number of anilines is 3. The van der Waals surface area contributed by atoms with E-state index >= 15 is 0 Å². The van der Waals surface area contributed by atoms with E-state index in [1.54, 1.807) is 18.2 Å². The maximum Gasteiger partial charge on any atom is 0.123 e. The summed E-state index contributed by atoms with van der Waals surface area (Å²) in [5, 5.41) is 8.40. The Labute approximate surface area is 224 Å². The van der Waals surface area contributed by atoms with Crippen LogP contribution < -0.4 is 4.90 Å². The lowest BCUT2D eigenvalue weighted by atomic mass is 9.81. The highest BCUT2D eigenvalue weighted by molar-refractivity contribution is 6.37. The molecule has 0 aromatic heterocycles. The average Bonchev–Trinajstić information content (AvgIpc) is 3.12. The molecule has 0 fully saturated rings. The minimum absolute atomic E-state index is 0.138. The first-order valence-electron chi connectivity index (χ1n) is 12.3. The second-order valence-electron chi connectivity index (χ2n) is 10.2. The minimum atomic E-state index is -0.285. The number of rotatable bonds is 3. The molecule has 0 spiro atoms. The molecule has 37 heavy (non-hydrogen) atoms. The van der Waals surface area contributed by atoms with Crippen molar-refractivity contribution in [3.63, 3.8) is 0 Å². The maximum absolute atomic E-state index is 14.0. The third-order valence-electron chi connectivity index (χ3n) is 7.78. The highest BCUT2D eigenvalue weighted by Gasteiger charge is 2.36. The third-order valence-corrected chi connectivity index (χ3v) is 8.32. The van der Waals surface area contributed by atoms with Gasteiger partial charge in [0.05, 0.1) is 16.4 Å². The lowest BCUT2D eigenvalue weighted by Crippen LogP contribution is -2.15. The summed E-state index contributed by atoms with van der Waals surface area (Å²) in [6.45, 7) is 4.61. The molecule has 0 N–H and O–H groups in total. The van der Waals surface area contributed by atoms with E-state index in [9.17, 15) is 4.39 Å². The fourth-order valence-electron chi connectivity index (χ4n) is 6.05. The second-order valence-corrected chi connectivity index (χ2v) is 11.1. The second kappa shape index (κ2) is 7.95. The number of hydrogen-bond donors (Lipinski definition) is 0. The number of nitrogens with zero attached hydrogens (tertiary/aromatic N) is 1. The van der Waals surface area contributed by atoms with Gasteiger partial charge < -0.3 is 4.90 Å². The van der Waals surface area contributed by atoms with Gasteiger partial charge in [0.15, 0.2) is 0 Å². The van der Waals surface area contributed by atoms with Gasteiger partial charge in [-0.05, 0) is 92.7 Å². The molecule has 0 atom stereocenters. The van der Waals surface area contributed by atoms with Gasteiger partial charge in [0.2, 0.25) is 0 Å². The molecule has 0 aliphatic heterocycles. The predicted octanol–water partition coefficient (Wildman–Crippen LogP) is 10.7. The molecule has 0 saturated carbocycles. The number of benzene rings is 6. The van der Waals surface area contributed by atoms with E-state index in [2.05, 4.69) is 73.3 Å². The van der Waals surface area contributed by atoms with Crippen LogP contribution in [0.1, 0.15) is 25.0 Å². The molecule has 1 aliphatic carbocycles. The molecule has 0 heterocycles. The molecule has 6 aromatic carbocycles. The number of fused-ring (bicyclic) bond motifs is 2. The Hall–Kier alpha value is -3.59. The van der Waals surface area contributed by atoms with E-state index in [1.165, 1.54) is 50.2 Å². The van der Waals surface area contributed by atoms with Crippen LogP contribution in [0.3, 0.4) is 0 Å².